The molecule has 20 heavy (non-hydrogen) atoms. The predicted molar refractivity (Wildman–Crippen MR) is 79.0 cm³/mol. The predicted octanol–water partition coefficient (Wildman–Crippen LogP) is 2.71. The molecule has 1 fully saturated rings. The molecule has 1 aromatic carbocycles. The third-order valence-corrected chi connectivity index (χ3v) is 3.54. The molecule has 1 saturated heterocycles. The van der Waals surface area contributed by atoms with Gasteiger partial charge in [-0.05, 0) is 36.6 Å². The second kappa shape index (κ2) is 6.41. The Kier molecular flexibility index (Phi) is 4.16. The number of hydrogen-bond donors (Lipinski definition) is 1. The summed E-state index contributed by atoms with van der Waals surface area (Å²) in [5.74, 6) is 1.45. The SMILES string of the molecule is c1ccc(NCCc2nc(N3CCCCC3)no2)cc1. The number of piperidine rings is 1. The first-order valence-corrected chi connectivity index (χ1v) is 7.28. The maximum atomic E-state index is 5.31. The number of aromatic nitrogens is 2. The van der Waals surface area contributed by atoms with Crippen molar-refractivity contribution >= 4 is 11.6 Å². The number of rotatable bonds is 5. The van der Waals surface area contributed by atoms with Crippen LogP contribution in [0.5, 0.6) is 0 Å². The van der Waals surface area contributed by atoms with Crippen LogP contribution in [-0.2, 0) is 6.42 Å². The van der Waals surface area contributed by atoms with Crippen molar-refractivity contribution in [1.82, 2.24) is 10.1 Å². The van der Waals surface area contributed by atoms with Crippen LogP contribution in [-0.4, -0.2) is 29.8 Å². The molecule has 0 amide bonds. The Morgan fingerprint density at radius 3 is 2.70 bits per heavy atom. The molecule has 106 valence electrons. The summed E-state index contributed by atoms with van der Waals surface area (Å²) in [5, 5.41) is 7.42. The molecule has 1 N–H and O–H groups in total. The minimum absolute atomic E-state index is 0.703. The van der Waals surface area contributed by atoms with Crippen molar-refractivity contribution in [2.45, 2.75) is 25.7 Å². The quantitative estimate of drug-likeness (QED) is 0.907. The molecule has 0 atom stereocenters. The van der Waals surface area contributed by atoms with Gasteiger partial charge in [-0.25, -0.2) is 0 Å². The molecule has 1 aromatic heterocycles. The number of para-hydroxylation sites is 1. The van der Waals surface area contributed by atoms with E-state index in [2.05, 4.69) is 20.4 Å². The van der Waals surface area contributed by atoms with Crippen molar-refractivity contribution in [2.75, 3.05) is 29.9 Å². The zero-order chi connectivity index (χ0) is 13.6. The zero-order valence-electron chi connectivity index (χ0n) is 11.6. The molecule has 2 heterocycles. The summed E-state index contributed by atoms with van der Waals surface area (Å²) in [6, 6.07) is 10.1. The van der Waals surface area contributed by atoms with Crippen molar-refractivity contribution in [1.29, 1.82) is 0 Å². The van der Waals surface area contributed by atoms with Crippen LogP contribution in [0.25, 0.3) is 0 Å². The van der Waals surface area contributed by atoms with Crippen molar-refractivity contribution in [3.8, 4) is 0 Å². The van der Waals surface area contributed by atoms with E-state index in [0.717, 1.165) is 37.7 Å². The number of anilines is 2. The number of hydrogen-bond acceptors (Lipinski definition) is 5. The van der Waals surface area contributed by atoms with E-state index in [4.69, 9.17) is 4.52 Å². The average Bonchev–Trinajstić information content (AvgIpc) is 2.98. The Balaban J connectivity index is 1.50. The smallest absolute Gasteiger partial charge is 0.266 e. The van der Waals surface area contributed by atoms with E-state index < -0.39 is 0 Å². The van der Waals surface area contributed by atoms with Crippen LogP contribution in [0.15, 0.2) is 34.9 Å². The number of nitrogens with one attached hydrogen (secondary N) is 1. The molecular weight excluding hydrogens is 252 g/mol. The van der Waals surface area contributed by atoms with E-state index in [0.29, 0.717) is 5.89 Å². The van der Waals surface area contributed by atoms with Crippen molar-refractivity contribution in [3.05, 3.63) is 36.2 Å². The van der Waals surface area contributed by atoms with Crippen LogP contribution < -0.4 is 10.2 Å². The average molecular weight is 272 g/mol. The third kappa shape index (κ3) is 3.29. The largest absolute Gasteiger partial charge is 0.385 e. The Hall–Kier alpha value is -2.04. The standard InChI is InChI=1S/C15H20N4O/c1-3-7-13(8-4-1)16-10-9-14-17-15(18-20-14)19-11-5-2-6-12-19/h1,3-4,7-8,16H,2,5-6,9-12H2. The lowest BCUT2D eigenvalue weighted by molar-refractivity contribution is 0.378. The first-order chi connectivity index (χ1) is 9.92. The number of nitrogens with zero attached hydrogens (tertiary/aromatic N) is 3. The van der Waals surface area contributed by atoms with Gasteiger partial charge in [-0.1, -0.05) is 18.2 Å². The second-order valence-electron chi connectivity index (χ2n) is 5.08. The second-order valence-corrected chi connectivity index (χ2v) is 5.08. The summed E-state index contributed by atoms with van der Waals surface area (Å²) < 4.78 is 5.31. The summed E-state index contributed by atoms with van der Waals surface area (Å²) in [6.07, 6.45) is 4.50. The molecule has 2 aromatic rings. The minimum atomic E-state index is 0.703. The van der Waals surface area contributed by atoms with Crippen molar-refractivity contribution in [2.24, 2.45) is 0 Å². The lowest BCUT2D eigenvalue weighted by Gasteiger charge is -2.24. The zero-order valence-corrected chi connectivity index (χ0v) is 11.6. The van der Waals surface area contributed by atoms with Gasteiger partial charge in [-0.15, -0.1) is 0 Å². The fraction of sp³-hybridized carbons (Fsp3) is 0.467. The Labute approximate surface area is 119 Å². The van der Waals surface area contributed by atoms with Gasteiger partial charge in [0, 0.05) is 31.7 Å². The van der Waals surface area contributed by atoms with Gasteiger partial charge >= 0.3 is 0 Å². The normalized spacial score (nSPS) is 15.3. The highest BCUT2D eigenvalue weighted by atomic mass is 16.5. The summed E-state index contributed by atoms with van der Waals surface area (Å²) in [6.45, 7) is 2.88. The summed E-state index contributed by atoms with van der Waals surface area (Å²) >= 11 is 0. The van der Waals surface area contributed by atoms with Gasteiger partial charge in [0.15, 0.2) is 0 Å². The lowest BCUT2D eigenvalue weighted by atomic mass is 10.1. The fourth-order valence-electron chi connectivity index (χ4n) is 2.44. The summed E-state index contributed by atoms with van der Waals surface area (Å²) in [5.41, 5.74) is 1.11. The van der Waals surface area contributed by atoms with Crippen molar-refractivity contribution in [3.63, 3.8) is 0 Å². The van der Waals surface area contributed by atoms with Gasteiger partial charge < -0.3 is 14.7 Å². The highest BCUT2D eigenvalue weighted by Gasteiger charge is 2.16. The molecule has 1 aliphatic rings. The molecule has 0 aliphatic carbocycles. The molecular formula is C15H20N4O. The molecule has 5 nitrogen and oxygen atoms in total. The van der Waals surface area contributed by atoms with Crippen molar-refractivity contribution < 1.29 is 4.52 Å². The monoisotopic (exact) mass is 272 g/mol. The molecule has 0 bridgehead atoms. The first kappa shape index (κ1) is 13.0. The highest BCUT2D eigenvalue weighted by Crippen LogP contribution is 2.16. The Bertz CT molecular complexity index is 520. The Morgan fingerprint density at radius 1 is 1.10 bits per heavy atom. The first-order valence-electron chi connectivity index (χ1n) is 7.28. The van der Waals surface area contributed by atoms with Crippen LogP contribution in [0.3, 0.4) is 0 Å². The van der Waals surface area contributed by atoms with E-state index in [-0.39, 0.29) is 0 Å². The van der Waals surface area contributed by atoms with Crippen LogP contribution in [0, 0.1) is 0 Å². The van der Waals surface area contributed by atoms with E-state index in [9.17, 15) is 0 Å². The third-order valence-electron chi connectivity index (χ3n) is 3.54. The van der Waals surface area contributed by atoms with Crippen LogP contribution >= 0.6 is 0 Å². The van der Waals surface area contributed by atoms with Gasteiger partial charge in [0.05, 0.1) is 0 Å². The molecule has 3 rings (SSSR count). The molecule has 5 heteroatoms. The van der Waals surface area contributed by atoms with Crippen LogP contribution in [0.2, 0.25) is 0 Å². The van der Waals surface area contributed by atoms with Gasteiger partial charge in [0.2, 0.25) is 5.89 Å². The maximum Gasteiger partial charge on any atom is 0.266 e. The van der Waals surface area contributed by atoms with E-state index >= 15 is 0 Å². The minimum Gasteiger partial charge on any atom is -0.385 e. The topological polar surface area (TPSA) is 54.2 Å². The maximum absolute atomic E-state index is 5.31. The fourth-order valence-corrected chi connectivity index (χ4v) is 2.44. The molecule has 1 aliphatic heterocycles. The van der Waals surface area contributed by atoms with Gasteiger partial charge in [-0.3, -0.25) is 0 Å². The van der Waals surface area contributed by atoms with Crippen LogP contribution in [0.1, 0.15) is 25.2 Å². The molecule has 0 unspecified atom stereocenters. The van der Waals surface area contributed by atoms with Gasteiger partial charge in [0.25, 0.3) is 5.95 Å². The number of benzene rings is 1. The van der Waals surface area contributed by atoms with E-state index in [1.807, 2.05) is 30.3 Å². The molecule has 0 radical (unpaired) electrons. The van der Waals surface area contributed by atoms with Gasteiger partial charge in [0.1, 0.15) is 0 Å². The summed E-state index contributed by atoms with van der Waals surface area (Å²) in [7, 11) is 0. The summed E-state index contributed by atoms with van der Waals surface area (Å²) in [4.78, 5) is 6.68. The lowest BCUT2D eigenvalue weighted by Crippen LogP contribution is -2.30. The Morgan fingerprint density at radius 2 is 1.90 bits per heavy atom. The molecule has 0 spiro atoms. The van der Waals surface area contributed by atoms with E-state index in [1.54, 1.807) is 0 Å². The highest BCUT2D eigenvalue weighted by molar-refractivity contribution is 5.42. The van der Waals surface area contributed by atoms with E-state index in [1.165, 1.54) is 19.3 Å². The van der Waals surface area contributed by atoms with Gasteiger partial charge in [-0.2, -0.15) is 4.98 Å². The van der Waals surface area contributed by atoms with Crippen LogP contribution in [0.4, 0.5) is 11.6 Å². The molecule has 0 saturated carbocycles.